The molecule has 2 aromatic carbocycles. The summed E-state index contributed by atoms with van der Waals surface area (Å²) in [6.07, 6.45) is 3.05. The number of aromatic nitrogens is 3. The van der Waals surface area contributed by atoms with Crippen molar-refractivity contribution in [2.24, 2.45) is 0 Å². The van der Waals surface area contributed by atoms with Gasteiger partial charge in [0.2, 0.25) is 16.9 Å². The van der Waals surface area contributed by atoms with Gasteiger partial charge in [-0.1, -0.05) is 55.1 Å². The smallest absolute Gasteiger partial charge is 0.247 e. The summed E-state index contributed by atoms with van der Waals surface area (Å²) in [6, 6.07) is 15.2. The molecule has 1 unspecified atom stereocenters. The quantitative estimate of drug-likeness (QED) is 0.549. The maximum absolute atomic E-state index is 12.7. The normalized spacial score (nSPS) is 15.1. The first kappa shape index (κ1) is 20.9. The maximum atomic E-state index is 12.7. The standard InChI is InChI=1S/C23H22N4O3S/c1-4-31-23-24-22-21(25-26-23)18-7-5-6-8-19(18)27(15(2)28)20(30-22)14-11-16-9-12-17(29-3)13-10-16/h5-14,20H,4H2,1-3H3/b14-11+. The lowest BCUT2D eigenvalue weighted by molar-refractivity contribution is -0.117. The van der Waals surface area contributed by atoms with Crippen molar-refractivity contribution in [1.82, 2.24) is 15.2 Å². The molecule has 0 fully saturated rings. The molecule has 0 bridgehead atoms. The molecule has 0 spiro atoms. The van der Waals surface area contributed by atoms with Crippen LogP contribution in [0.2, 0.25) is 0 Å². The second kappa shape index (κ2) is 9.18. The van der Waals surface area contributed by atoms with E-state index < -0.39 is 6.23 Å². The molecule has 1 atom stereocenters. The molecule has 1 aliphatic rings. The Balaban J connectivity index is 1.79. The van der Waals surface area contributed by atoms with E-state index in [1.165, 1.54) is 18.7 Å². The Labute approximate surface area is 185 Å². The number of rotatable bonds is 5. The molecular weight excluding hydrogens is 412 g/mol. The van der Waals surface area contributed by atoms with Crippen LogP contribution in [-0.4, -0.2) is 40.2 Å². The molecule has 1 amide bonds. The number of amides is 1. The number of nitrogens with zero attached hydrogens (tertiary/aromatic N) is 4. The lowest BCUT2D eigenvalue weighted by Gasteiger charge is -2.27. The fourth-order valence-corrected chi connectivity index (χ4v) is 3.81. The molecule has 2 heterocycles. The van der Waals surface area contributed by atoms with Crippen molar-refractivity contribution in [1.29, 1.82) is 0 Å². The molecule has 31 heavy (non-hydrogen) atoms. The number of para-hydroxylation sites is 1. The van der Waals surface area contributed by atoms with E-state index in [1.54, 1.807) is 12.0 Å². The third-order valence-electron chi connectivity index (χ3n) is 4.72. The molecule has 0 radical (unpaired) electrons. The van der Waals surface area contributed by atoms with Gasteiger partial charge >= 0.3 is 0 Å². The van der Waals surface area contributed by atoms with Crippen LogP contribution >= 0.6 is 11.8 Å². The van der Waals surface area contributed by atoms with Gasteiger partial charge in [0.25, 0.3) is 0 Å². The highest BCUT2D eigenvalue weighted by molar-refractivity contribution is 7.99. The van der Waals surface area contributed by atoms with Crippen LogP contribution in [0.15, 0.2) is 59.8 Å². The summed E-state index contributed by atoms with van der Waals surface area (Å²) in [5.74, 6) is 1.80. The van der Waals surface area contributed by atoms with Crippen LogP contribution in [0.25, 0.3) is 17.3 Å². The first-order valence-corrected chi connectivity index (χ1v) is 10.8. The molecule has 4 rings (SSSR count). The minimum Gasteiger partial charge on any atom is -0.497 e. The van der Waals surface area contributed by atoms with Crippen molar-refractivity contribution in [2.75, 3.05) is 17.8 Å². The number of carbonyl (C=O) groups excluding carboxylic acids is 1. The van der Waals surface area contributed by atoms with Gasteiger partial charge in [-0.15, -0.1) is 10.2 Å². The molecule has 0 saturated carbocycles. The molecule has 3 aromatic rings. The van der Waals surface area contributed by atoms with Gasteiger partial charge in [-0.05, 0) is 35.6 Å². The maximum Gasteiger partial charge on any atom is 0.247 e. The number of thioether (sulfide) groups is 1. The second-order valence-electron chi connectivity index (χ2n) is 6.73. The summed E-state index contributed by atoms with van der Waals surface area (Å²) < 4.78 is 11.4. The number of carbonyl (C=O) groups is 1. The van der Waals surface area contributed by atoms with Gasteiger partial charge in [-0.2, -0.15) is 4.98 Å². The Kier molecular flexibility index (Phi) is 6.18. The van der Waals surface area contributed by atoms with Gasteiger partial charge in [-0.25, -0.2) is 0 Å². The molecule has 0 aliphatic carbocycles. The molecule has 0 N–H and O–H groups in total. The number of fused-ring (bicyclic) bond motifs is 3. The van der Waals surface area contributed by atoms with Crippen LogP contribution in [-0.2, 0) is 4.79 Å². The average Bonchev–Trinajstić information content (AvgIpc) is 2.92. The first-order valence-electron chi connectivity index (χ1n) is 9.86. The van der Waals surface area contributed by atoms with Gasteiger partial charge in [0, 0.05) is 12.5 Å². The SMILES string of the molecule is CCSc1nnc2c(n1)OC(/C=C/c1ccc(OC)cc1)N(C(C)=O)c1ccccc1-2. The van der Waals surface area contributed by atoms with Crippen molar-refractivity contribution in [2.45, 2.75) is 25.2 Å². The molecular formula is C23H22N4O3S. The summed E-state index contributed by atoms with van der Waals surface area (Å²) >= 11 is 1.48. The number of benzene rings is 2. The Morgan fingerprint density at radius 1 is 1.19 bits per heavy atom. The van der Waals surface area contributed by atoms with Crippen molar-refractivity contribution in [3.8, 4) is 22.9 Å². The number of hydrogen-bond acceptors (Lipinski definition) is 7. The van der Waals surface area contributed by atoms with E-state index >= 15 is 0 Å². The van der Waals surface area contributed by atoms with Crippen LogP contribution in [0, 0.1) is 0 Å². The van der Waals surface area contributed by atoms with E-state index in [2.05, 4.69) is 15.2 Å². The highest BCUT2D eigenvalue weighted by Gasteiger charge is 2.32. The monoisotopic (exact) mass is 434 g/mol. The summed E-state index contributed by atoms with van der Waals surface area (Å²) in [5.41, 5.74) is 2.92. The fourth-order valence-electron chi connectivity index (χ4n) is 3.31. The predicted octanol–water partition coefficient (Wildman–Crippen LogP) is 4.44. The summed E-state index contributed by atoms with van der Waals surface area (Å²) in [5, 5.41) is 9.12. The average molecular weight is 435 g/mol. The Bertz CT molecular complexity index is 1120. The van der Waals surface area contributed by atoms with Gasteiger partial charge in [0.15, 0.2) is 11.9 Å². The molecule has 1 aromatic heterocycles. The molecule has 0 saturated heterocycles. The number of anilines is 1. The molecule has 1 aliphatic heterocycles. The number of ether oxygens (including phenoxy) is 2. The predicted molar refractivity (Wildman–Crippen MR) is 121 cm³/mol. The van der Waals surface area contributed by atoms with E-state index in [0.717, 1.165) is 22.6 Å². The summed E-state index contributed by atoms with van der Waals surface area (Å²) in [4.78, 5) is 18.8. The Morgan fingerprint density at radius 3 is 2.68 bits per heavy atom. The summed E-state index contributed by atoms with van der Waals surface area (Å²) in [6.45, 7) is 3.54. The van der Waals surface area contributed by atoms with Crippen molar-refractivity contribution in [3.05, 3.63) is 60.2 Å². The second-order valence-corrected chi connectivity index (χ2v) is 7.96. The number of hydrogen-bond donors (Lipinski definition) is 0. The van der Waals surface area contributed by atoms with E-state index in [4.69, 9.17) is 9.47 Å². The highest BCUT2D eigenvalue weighted by Crippen LogP contribution is 2.39. The zero-order chi connectivity index (χ0) is 21.8. The van der Waals surface area contributed by atoms with E-state index in [-0.39, 0.29) is 5.91 Å². The van der Waals surface area contributed by atoms with Crippen molar-refractivity contribution >= 4 is 29.4 Å². The van der Waals surface area contributed by atoms with E-state index in [0.29, 0.717) is 22.4 Å². The van der Waals surface area contributed by atoms with Crippen LogP contribution in [0.5, 0.6) is 11.6 Å². The van der Waals surface area contributed by atoms with Gasteiger partial charge in [-0.3, -0.25) is 9.69 Å². The van der Waals surface area contributed by atoms with Crippen LogP contribution < -0.4 is 14.4 Å². The highest BCUT2D eigenvalue weighted by atomic mass is 32.2. The van der Waals surface area contributed by atoms with Gasteiger partial charge in [0.05, 0.1) is 12.8 Å². The van der Waals surface area contributed by atoms with Crippen LogP contribution in [0.4, 0.5) is 5.69 Å². The largest absolute Gasteiger partial charge is 0.497 e. The third kappa shape index (κ3) is 4.39. The zero-order valence-electron chi connectivity index (χ0n) is 17.5. The molecule has 7 nitrogen and oxygen atoms in total. The van der Waals surface area contributed by atoms with Crippen molar-refractivity contribution < 1.29 is 14.3 Å². The lowest BCUT2D eigenvalue weighted by atomic mass is 10.1. The van der Waals surface area contributed by atoms with E-state index in [1.807, 2.05) is 67.6 Å². The molecule has 8 heteroatoms. The van der Waals surface area contributed by atoms with Crippen molar-refractivity contribution in [3.63, 3.8) is 0 Å². The molecule has 158 valence electrons. The minimum atomic E-state index is -0.696. The Morgan fingerprint density at radius 2 is 1.97 bits per heavy atom. The van der Waals surface area contributed by atoms with Gasteiger partial charge < -0.3 is 9.47 Å². The summed E-state index contributed by atoms with van der Waals surface area (Å²) in [7, 11) is 1.63. The van der Waals surface area contributed by atoms with Crippen LogP contribution in [0.1, 0.15) is 19.4 Å². The van der Waals surface area contributed by atoms with Crippen LogP contribution in [0.3, 0.4) is 0 Å². The lowest BCUT2D eigenvalue weighted by Crippen LogP contribution is -2.41. The number of methoxy groups -OCH3 is 1. The van der Waals surface area contributed by atoms with Gasteiger partial charge in [0.1, 0.15) is 5.75 Å². The van der Waals surface area contributed by atoms with E-state index in [9.17, 15) is 4.79 Å². The minimum absolute atomic E-state index is 0.152. The first-order chi connectivity index (χ1) is 15.1. The zero-order valence-corrected chi connectivity index (χ0v) is 18.3. The Hall–Kier alpha value is -3.39. The fraction of sp³-hybridized carbons (Fsp3) is 0.217. The third-order valence-corrected chi connectivity index (χ3v) is 5.44. The topological polar surface area (TPSA) is 77.4 Å².